The molecule has 0 amide bonds. The second-order valence-corrected chi connectivity index (χ2v) is 4.88. The molecule has 0 fully saturated rings. The molecule has 1 aromatic heterocycles. The number of halogens is 1. The van der Waals surface area contributed by atoms with E-state index in [4.69, 9.17) is 5.73 Å². The minimum Gasteiger partial charge on any atom is -0.323 e. The van der Waals surface area contributed by atoms with E-state index in [1.165, 1.54) is 0 Å². The van der Waals surface area contributed by atoms with Gasteiger partial charge < -0.3 is 5.73 Å². The number of rotatable bonds is 3. The van der Waals surface area contributed by atoms with Gasteiger partial charge in [0, 0.05) is 15.9 Å². The third kappa shape index (κ3) is 2.42. The third-order valence-electron chi connectivity index (χ3n) is 2.66. The molecule has 3 heteroatoms. The summed E-state index contributed by atoms with van der Waals surface area (Å²) in [5.74, 6) is 0. The highest BCUT2D eigenvalue weighted by Gasteiger charge is 2.07. The molecule has 0 radical (unpaired) electrons. The van der Waals surface area contributed by atoms with Crippen LogP contribution in [0.1, 0.15) is 31.5 Å². The fraction of sp³-hybridized carbons (Fsp3) is 0.308. The Morgan fingerprint density at radius 2 is 2.06 bits per heavy atom. The zero-order chi connectivity index (χ0) is 11.5. The average Bonchev–Trinajstić information content (AvgIpc) is 2.28. The normalized spacial score (nSPS) is 12.9. The Hall–Kier alpha value is -0.930. The highest BCUT2D eigenvalue weighted by molar-refractivity contribution is 9.10. The van der Waals surface area contributed by atoms with Gasteiger partial charge in [-0.15, -0.1) is 0 Å². The SMILES string of the molecule is CCCC(N)c1ccc2ccc(Br)cc2n1. The number of aromatic nitrogens is 1. The van der Waals surface area contributed by atoms with Crippen LogP contribution in [0.2, 0.25) is 0 Å². The lowest BCUT2D eigenvalue weighted by Crippen LogP contribution is -2.11. The second kappa shape index (κ2) is 4.93. The van der Waals surface area contributed by atoms with Gasteiger partial charge in [0.2, 0.25) is 0 Å². The van der Waals surface area contributed by atoms with Gasteiger partial charge in [0.1, 0.15) is 0 Å². The van der Waals surface area contributed by atoms with Crippen LogP contribution in [-0.2, 0) is 0 Å². The molecular weight excluding hydrogens is 264 g/mol. The molecule has 2 N–H and O–H groups in total. The van der Waals surface area contributed by atoms with Gasteiger partial charge in [-0.2, -0.15) is 0 Å². The molecule has 2 aromatic rings. The number of pyridine rings is 1. The van der Waals surface area contributed by atoms with E-state index in [0.717, 1.165) is 33.9 Å². The summed E-state index contributed by atoms with van der Waals surface area (Å²) in [6, 6.07) is 10.3. The predicted octanol–water partition coefficient (Wildman–Crippen LogP) is 3.80. The van der Waals surface area contributed by atoms with Gasteiger partial charge in [-0.25, -0.2) is 0 Å². The summed E-state index contributed by atoms with van der Waals surface area (Å²) < 4.78 is 1.05. The van der Waals surface area contributed by atoms with Crippen molar-refractivity contribution in [2.24, 2.45) is 5.73 Å². The zero-order valence-electron chi connectivity index (χ0n) is 9.28. The molecule has 0 aliphatic carbocycles. The average molecular weight is 279 g/mol. The summed E-state index contributed by atoms with van der Waals surface area (Å²) in [6.07, 6.45) is 2.06. The summed E-state index contributed by atoms with van der Waals surface area (Å²) in [5, 5.41) is 1.15. The van der Waals surface area contributed by atoms with Gasteiger partial charge in [0.15, 0.2) is 0 Å². The summed E-state index contributed by atoms with van der Waals surface area (Å²) in [7, 11) is 0. The van der Waals surface area contributed by atoms with Crippen LogP contribution in [0.15, 0.2) is 34.8 Å². The first-order chi connectivity index (χ1) is 7.70. The first-order valence-electron chi connectivity index (χ1n) is 5.52. The molecule has 0 bridgehead atoms. The van der Waals surface area contributed by atoms with Gasteiger partial charge in [-0.05, 0) is 24.6 Å². The summed E-state index contributed by atoms with van der Waals surface area (Å²) in [4.78, 5) is 4.60. The maximum atomic E-state index is 6.06. The number of benzene rings is 1. The van der Waals surface area contributed by atoms with Crippen molar-refractivity contribution in [3.8, 4) is 0 Å². The van der Waals surface area contributed by atoms with E-state index < -0.39 is 0 Å². The molecular formula is C13H15BrN2. The van der Waals surface area contributed by atoms with Gasteiger partial charge in [0.25, 0.3) is 0 Å². The zero-order valence-corrected chi connectivity index (χ0v) is 10.9. The van der Waals surface area contributed by atoms with Gasteiger partial charge in [-0.3, -0.25) is 4.98 Å². The van der Waals surface area contributed by atoms with Crippen LogP contribution in [0.3, 0.4) is 0 Å². The van der Waals surface area contributed by atoms with Crippen LogP contribution in [0, 0.1) is 0 Å². The number of hydrogen-bond donors (Lipinski definition) is 1. The van der Waals surface area contributed by atoms with Crippen LogP contribution in [-0.4, -0.2) is 4.98 Å². The Bertz CT molecular complexity index is 496. The van der Waals surface area contributed by atoms with Crippen molar-refractivity contribution in [1.29, 1.82) is 0 Å². The van der Waals surface area contributed by atoms with Crippen molar-refractivity contribution in [2.75, 3.05) is 0 Å². The van der Waals surface area contributed by atoms with Crippen LogP contribution in [0.25, 0.3) is 10.9 Å². The smallest absolute Gasteiger partial charge is 0.0717 e. The summed E-state index contributed by atoms with van der Waals surface area (Å²) in [5.41, 5.74) is 8.04. The lowest BCUT2D eigenvalue weighted by Gasteiger charge is -2.10. The molecule has 84 valence electrons. The number of fused-ring (bicyclic) bond motifs is 1. The minimum absolute atomic E-state index is 0.0494. The topological polar surface area (TPSA) is 38.9 Å². The Morgan fingerprint density at radius 1 is 1.31 bits per heavy atom. The van der Waals surface area contributed by atoms with Crippen molar-refractivity contribution in [3.63, 3.8) is 0 Å². The van der Waals surface area contributed by atoms with E-state index in [1.807, 2.05) is 18.2 Å². The van der Waals surface area contributed by atoms with Gasteiger partial charge in [0.05, 0.1) is 11.2 Å². The Morgan fingerprint density at radius 3 is 2.81 bits per heavy atom. The van der Waals surface area contributed by atoms with Crippen LogP contribution in [0.4, 0.5) is 0 Å². The van der Waals surface area contributed by atoms with Crippen LogP contribution in [0.5, 0.6) is 0 Å². The molecule has 1 unspecified atom stereocenters. The van der Waals surface area contributed by atoms with E-state index in [1.54, 1.807) is 0 Å². The molecule has 2 rings (SSSR count). The monoisotopic (exact) mass is 278 g/mol. The van der Waals surface area contributed by atoms with Crippen molar-refractivity contribution in [2.45, 2.75) is 25.8 Å². The molecule has 0 aliphatic heterocycles. The lowest BCUT2D eigenvalue weighted by molar-refractivity contribution is 0.624. The Kier molecular flexibility index (Phi) is 3.56. The molecule has 2 nitrogen and oxygen atoms in total. The molecule has 1 heterocycles. The second-order valence-electron chi connectivity index (χ2n) is 3.97. The first kappa shape index (κ1) is 11.6. The number of hydrogen-bond acceptors (Lipinski definition) is 2. The van der Waals surface area contributed by atoms with Crippen molar-refractivity contribution in [3.05, 3.63) is 40.5 Å². The van der Waals surface area contributed by atoms with E-state index in [-0.39, 0.29) is 6.04 Å². The molecule has 1 aromatic carbocycles. The lowest BCUT2D eigenvalue weighted by atomic mass is 10.1. The summed E-state index contributed by atoms with van der Waals surface area (Å²) >= 11 is 3.45. The van der Waals surface area contributed by atoms with Crippen molar-refractivity contribution >= 4 is 26.8 Å². The quantitative estimate of drug-likeness (QED) is 0.928. The number of nitrogens with zero attached hydrogens (tertiary/aromatic N) is 1. The van der Waals surface area contributed by atoms with Gasteiger partial charge >= 0.3 is 0 Å². The molecule has 0 spiro atoms. The Balaban J connectivity index is 2.42. The first-order valence-corrected chi connectivity index (χ1v) is 6.32. The highest BCUT2D eigenvalue weighted by atomic mass is 79.9. The van der Waals surface area contributed by atoms with Crippen molar-refractivity contribution < 1.29 is 0 Å². The standard InChI is InChI=1S/C13H15BrN2/c1-2-3-11(15)12-7-5-9-4-6-10(14)8-13(9)16-12/h4-8,11H,2-3,15H2,1H3. The van der Waals surface area contributed by atoms with E-state index in [2.05, 4.69) is 40.0 Å². The molecule has 1 atom stereocenters. The van der Waals surface area contributed by atoms with Crippen LogP contribution < -0.4 is 5.73 Å². The summed E-state index contributed by atoms with van der Waals surface area (Å²) in [6.45, 7) is 2.14. The molecule has 16 heavy (non-hydrogen) atoms. The van der Waals surface area contributed by atoms with E-state index in [9.17, 15) is 0 Å². The maximum Gasteiger partial charge on any atom is 0.0717 e. The predicted molar refractivity (Wildman–Crippen MR) is 71.3 cm³/mol. The van der Waals surface area contributed by atoms with Crippen molar-refractivity contribution in [1.82, 2.24) is 4.98 Å². The Labute approximate surface area is 104 Å². The number of nitrogens with two attached hydrogens (primary N) is 1. The van der Waals surface area contributed by atoms with E-state index >= 15 is 0 Å². The van der Waals surface area contributed by atoms with Gasteiger partial charge in [-0.1, -0.05) is 41.4 Å². The molecule has 0 aliphatic rings. The molecule has 0 saturated heterocycles. The molecule has 0 saturated carbocycles. The third-order valence-corrected chi connectivity index (χ3v) is 3.15. The minimum atomic E-state index is 0.0494. The highest BCUT2D eigenvalue weighted by Crippen LogP contribution is 2.21. The maximum absolute atomic E-state index is 6.06. The fourth-order valence-electron chi connectivity index (χ4n) is 1.77. The van der Waals surface area contributed by atoms with Crippen LogP contribution >= 0.6 is 15.9 Å². The fourth-order valence-corrected chi connectivity index (χ4v) is 2.12. The largest absolute Gasteiger partial charge is 0.323 e. The van der Waals surface area contributed by atoms with E-state index in [0.29, 0.717) is 0 Å².